The van der Waals surface area contributed by atoms with Crippen LogP contribution in [0, 0.1) is 11.6 Å². The summed E-state index contributed by atoms with van der Waals surface area (Å²) < 4.78 is 26.2. The molecule has 4 heteroatoms. The number of halogens is 2. The lowest BCUT2D eigenvalue weighted by Crippen LogP contribution is -2.23. The third-order valence-electron chi connectivity index (χ3n) is 3.09. The molecule has 2 rings (SSSR count). The Bertz CT molecular complexity index is 584. The van der Waals surface area contributed by atoms with Crippen molar-refractivity contribution in [3.8, 4) is 0 Å². The van der Waals surface area contributed by atoms with Crippen LogP contribution >= 0.6 is 0 Å². The maximum Gasteiger partial charge on any atom is 0.159 e. The largest absolute Gasteiger partial charge is 0.399 e. The van der Waals surface area contributed by atoms with Crippen molar-refractivity contribution in [3.63, 3.8) is 0 Å². The summed E-state index contributed by atoms with van der Waals surface area (Å²) in [5.41, 5.74) is 8.20. The van der Waals surface area contributed by atoms with E-state index in [1.54, 1.807) is 6.07 Å². The second-order valence-electron chi connectivity index (χ2n) is 4.77. The molecule has 2 N–H and O–H groups in total. The fraction of sp³-hybridized carbons (Fsp3) is 0.250. The van der Waals surface area contributed by atoms with Gasteiger partial charge in [0.1, 0.15) is 0 Å². The Kier molecular flexibility index (Phi) is 4.56. The van der Waals surface area contributed by atoms with Crippen LogP contribution in [0.15, 0.2) is 42.5 Å². The molecule has 20 heavy (non-hydrogen) atoms. The number of nitrogens with zero attached hydrogens (tertiary/aromatic N) is 1. The van der Waals surface area contributed by atoms with Crippen molar-refractivity contribution in [2.45, 2.75) is 19.9 Å². The first kappa shape index (κ1) is 14.3. The van der Waals surface area contributed by atoms with E-state index in [9.17, 15) is 8.78 Å². The second-order valence-corrected chi connectivity index (χ2v) is 4.77. The van der Waals surface area contributed by atoms with Gasteiger partial charge >= 0.3 is 0 Å². The Labute approximate surface area is 117 Å². The highest BCUT2D eigenvalue weighted by molar-refractivity contribution is 5.56. The normalized spacial score (nSPS) is 10.6. The maximum atomic E-state index is 13.3. The molecule has 0 radical (unpaired) electrons. The smallest absolute Gasteiger partial charge is 0.159 e. The lowest BCUT2D eigenvalue weighted by molar-refractivity contribution is 0.507. The average molecular weight is 276 g/mol. The summed E-state index contributed by atoms with van der Waals surface area (Å²) >= 11 is 0. The van der Waals surface area contributed by atoms with Crippen LogP contribution in [0.1, 0.15) is 18.9 Å². The van der Waals surface area contributed by atoms with Gasteiger partial charge in [-0.3, -0.25) is 0 Å². The van der Waals surface area contributed by atoms with Crippen LogP contribution in [0.25, 0.3) is 0 Å². The minimum atomic E-state index is -0.820. The highest BCUT2D eigenvalue weighted by Crippen LogP contribution is 2.21. The van der Waals surface area contributed by atoms with E-state index in [0.717, 1.165) is 30.3 Å². The Morgan fingerprint density at radius 1 is 1.05 bits per heavy atom. The lowest BCUT2D eigenvalue weighted by atomic mass is 10.1. The van der Waals surface area contributed by atoms with Crippen LogP contribution in [0.4, 0.5) is 20.2 Å². The van der Waals surface area contributed by atoms with Gasteiger partial charge in [-0.05, 0) is 42.3 Å². The van der Waals surface area contributed by atoms with Gasteiger partial charge in [0.2, 0.25) is 0 Å². The topological polar surface area (TPSA) is 29.3 Å². The highest BCUT2D eigenvalue weighted by Gasteiger charge is 2.09. The molecule has 0 fully saturated rings. The lowest BCUT2D eigenvalue weighted by Gasteiger charge is -2.25. The van der Waals surface area contributed by atoms with Gasteiger partial charge in [0.05, 0.1) is 0 Å². The molecule has 0 aliphatic carbocycles. The van der Waals surface area contributed by atoms with E-state index < -0.39 is 11.6 Å². The molecule has 2 aromatic rings. The molecule has 0 aliphatic rings. The zero-order valence-corrected chi connectivity index (χ0v) is 11.4. The van der Waals surface area contributed by atoms with Crippen molar-refractivity contribution in [2.24, 2.45) is 0 Å². The number of hydrogen-bond donors (Lipinski definition) is 1. The van der Waals surface area contributed by atoms with Crippen molar-refractivity contribution in [3.05, 3.63) is 59.7 Å². The molecule has 0 amide bonds. The summed E-state index contributed by atoms with van der Waals surface area (Å²) in [7, 11) is 0. The van der Waals surface area contributed by atoms with Crippen molar-refractivity contribution < 1.29 is 8.78 Å². The van der Waals surface area contributed by atoms with Crippen LogP contribution in [0.5, 0.6) is 0 Å². The zero-order valence-electron chi connectivity index (χ0n) is 11.4. The summed E-state index contributed by atoms with van der Waals surface area (Å²) in [5.74, 6) is -1.63. The fourth-order valence-corrected chi connectivity index (χ4v) is 2.15. The van der Waals surface area contributed by atoms with Crippen molar-refractivity contribution in [1.29, 1.82) is 0 Å². The molecule has 0 bridgehead atoms. The quantitative estimate of drug-likeness (QED) is 0.837. The molecule has 0 spiro atoms. The van der Waals surface area contributed by atoms with E-state index in [0.29, 0.717) is 12.2 Å². The molecule has 0 heterocycles. The molecule has 0 saturated carbocycles. The van der Waals surface area contributed by atoms with Gasteiger partial charge in [-0.25, -0.2) is 8.78 Å². The minimum Gasteiger partial charge on any atom is -0.399 e. The summed E-state index contributed by atoms with van der Waals surface area (Å²) in [6.07, 6.45) is 0.957. The number of nitrogen functional groups attached to an aromatic ring is 1. The number of rotatable bonds is 5. The van der Waals surface area contributed by atoms with Gasteiger partial charge in [0.15, 0.2) is 11.6 Å². The second kappa shape index (κ2) is 6.37. The van der Waals surface area contributed by atoms with Crippen molar-refractivity contribution in [1.82, 2.24) is 0 Å². The van der Waals surface area contributed by atoms with Gasteiger partial charge in [0.25, 0.3) is 0 Å². The Morgan fingerprint density at radius 3 is 2.50 bits per heavy atom. The molecular formula is C16H18F2N2. The molecule has 0 atom stereocenters. The molecule has 0 saturated heterocycles. The number of hydrogen-bond acceptors (Lipinski definition) is 2. The van der Waals surface area contributed by atoms with Crippen LogP contribution in [-0.2, 0) is 6.54 Å². The van der Waals surface area contributed by atoms with Gasteiger partial charge < -0.3 is 10.6 Å². The van der Waals surface area contributed by atoms with Gasteiger partial charge in [-0.2, -0.15) is 0 Å². The molecule has 0 unspecified atom stereocenters. The monoisotopic (exact) mass is 276 g/mol. The number of benzene rings is 2. The third-order valence-corrected chi connectivity index (χ3v) is 3.09. The molecular weight excluding hydrogens is 258 g/mol. The first-order valence-electron chi connectivity index (χ1n) is 6.64. The van der Waals surface area contributed by atoms with Crippen LogP contribution in [0.2, 0.25) is 0 Å². The van der Waals surface area contributed by atoms with Crippen LogP contribution < -0.4 is 10.6 Å². The van der Waals surface area contributed by atoms with E-state index in [1.165, 1.54) is 6.07 Å². The van der Waals surface area contributed by atoms with E-state index >= 15 is 0 Å². The van der Waals surface area contributed by atoms with Gasteiger partial charge in [-0.15, -0.1) is 0 Å². The highest BCUT2D eigenvalue weighted by atomic mass is 19.2. The molecule has 2 aromatic carbocycles. The summed E-state index contributed by atoms with van der Waals surface area (Å²) in [5, 5.41) is 0. The summed E-state index contributed by atoms with van der Waals surface area (Å²) in [6, 6.07) is 11.6. The Balaban J connectivity index is 2.22. The Morgan fingerprint density at radius 2 is 1.85 bits per heavy atom. The maximum absolute atomic E-state index is 13.3. The minimum absolute atomic E-state index is 0.522. The molecule has 2 nitrogen and oxygen atoms in total. The summed E-state index contributed by atoms with van der Waals surface area (Å²) in [6.45, 7) is 3.42. The predicted molar refractivity (Wildman–Crippen MR) is 78.6 cm³/mol. The average Bonchev–Trinajstić information content (AvgIpc) is 2.42. The standard InChI is InChI=1S/C16H18F2N2/c1-2-8-20(14-5-3-4-13(19)10-14)11-12-6-7-15(17)16(18)9-12/h3-7,9-10H,2,8,11,19H2,1H3. The van der Waals surface area contributed by atoms with Crippen LogP contribution in [0.3, 0.4) is 0 Å². The van der Waals surface area contributed by atoms with Crippen molar-refractivity contribution in [2.75, 3.05) is 17.2 Å². The Hall–Kier alpha value is -2.10. The third kappa shape index (κ3) is 3.47. The van der Waals surface area contributed by atoms with Crippen molar-refractivity contribution >= 4 is 11.4 Å². The predicted octanol–water partition coefficient (Wildman–Crippen LogP) is 3.96. The van der Waals surface area contributed by atoms with E-state index in [2.05, 4.69) is 11.8 Å². The molecule has 0 aliphatic heterocycles. The van der Waals surface area contributed by atoms with E-state index in [4.69, 9.17) is 5.73 Å². The SMILES string of the molecule is CCCN(Cc1ccc(F)c(F)c1)c1cccc(N)c1. The number of nitrogens with two attached hydrogens (primary N) is 1. The van der Waals surface area contributed by atoms with E-state index in [-0.39, 0.29) is 0 Å². The van der Waals surface area contributed by atoms with Crippen LogP contribution in [-0.4, -0.2) is 6.54 Å². The fourth-order valence-electron chi connectivity index (χ4n) is 2.15. The molecule has 0 aromatic heterocycles. The number of anilines is 2. The van der Waals surface area contributed by atoms with E-state index in [1.807, 2.05) is 24.3 Å². The molecule has 106 valence electrons. The van der Waals surface area contributed by atoms with Gasteiger partial charge in [-0.1, -0.05) is 19.1 Å². The first-order chi connectivity index (χ1) is 9.60. The van der Waals surface area contributed by atoms with Gasteiger partial charge in [0, 0.05) is 24.5 Å². The summed E-state index contributed by atoms with van der Waals surface area (Å²) in [4.78, 5) is 2.10. The zero-order chi connectivity index (χ0) is 14.5. The first-order valence-corrected chi connectivity index (χ1v) is 6.64.